The molecule has 2 aromatic rings. The summed E-state index contributed by atoms with van der Waals surface area (Å²) in [7, 11) is 6.33. The van der Waals surface area contributed by atoms with E-state index >= 15 is 0 Å². The van der Waals surface area contributed by atoms with Gasteiger partial charge in [0.05, 0.1) is 25.2 Å². The van der Waals surface area contributed by atoms with Gasteiger partial charge in [-0.05, 0) is 29.7 Å². The van der Waals surface area contributed by atoms with Gasteiger partial charge in [0.1, 0.15) is 20.2 Å². The van der Waals surface area contributed by atoms with Gasteiger partial charge >= 0.3 is 0 Å². The summed E-state index contributed by atoms with van der Waals surface area (Å²) < 4.78 is 11.5. The minimum Gasteiger partial charge on any atom is -0.489 e. The number of nitrogens with zero attached hydrogens (tertiary/aromatic N) is 2. The Hall–Kier alpha value is -3.17. The van der Waals surface area contributed by atoms with Crippen LogP contribution in [0.4, 0.5) is 0 Å². The number of fused-ring (bicyclic) bond motifs is 1. The van der Waals surface area contributed by atoms with Crippen LogP contribution >= 0.6 is 0 Å². The highest BCUT2D eigenvalue weighted by Crippen LogP contribution is 2.36. The van der Waals surface area contributed by atoms with Crippen molar-refractivity contribution in [3.05, 3.63) is 64.7 Å². The number of rotatable bonds is 6. The molecule has 34 heavy (non-hydrogen) atoms. The second kappa shape index (κ2) is 9.23. The van der Waals surface area contributed by atoms with Crippen molar-refractivity contribution < 1.29 is 23.9 Å². The van der Waals surface area contributed by atoms with Crippen molar-refractivity contribution in [3.63, 3.8) is 0 Å². The second-order valence-corrected chi connectivity index (χ2v) is 8.97. The van der Waals surface area contributed by atoms with Crippen LogP contribution in [0.1, 0.15) is 39.9 Å². The monoisotopic (exact) mass is 459 g/mol. The van der Waals surface area contributed by atoms with Crippen LogP contribution in [-0.2, 0) is 34.0 Å². The number of amides is 3. The summed E-state index contributed by atoms with van der Waals surface area (Å²) in [6.45, 7) is 4.85. The van der Waals surface area contributed by atoms with E-state index < -0.39 is 11.3 Å². The number of carbonyl (C=O) groups is 3. The summed E-state index contributed by atoms with van der Waals surface area (Å²) in [6.07, 6.45) is 0.178. The predicted octanol–water partition coefficient (Wildman–Crippen LogP) is 1.35. The summed E-state index contributed by atoms with van der Waals surface area (Å²) in [5.74, 6) is -0.777. The Morgan fingerprint density at radius 1 is 1.03 bits per heavy atom. The fourth-order valence-corrected chi connectivity index (χ4v) is 4.65. The molecule has 5 rings (SSSR count). The highest BCUT2D eigenvalue weighted by atomic mass is 16.5. The number of hydrogen-bond donors (Lipinski definition) is 1. The molecule has 0 spiro atoms. The Labute approximate surface area is 199 Å². The summed E-state index contributed by atoms with van der Waals surface area (Å²) in [5, 5.41) is 2.25. The lowest BCUT2D eigenvalue weighted by molar-refractivity contribution is -0.138. The highest BCUT2D eigenvalue weighted by molar-refractivity contribution is 6.32. The Kier molecular flexibility index (Phi) is 6.14. The van der Waals surface area contributed by atoms with Crippen LogP contribution in [0.5, 0.6) is 5.75 Å². The van der Waals surface area contributed by atoms with Gasteiger partial charge in [0.25, 0.3) is 5.91 Å². The van der Waals surface area contributed by atoms with Gasteiger partial charge in [-0.1, -0.05) is 30.3 Å². The smallest absolute Gasteiger partial charge is 0.254 e. The standard InChI is InChI=1S/C25H26BN3O5/c26-25(9-8-22(30)27-24(25)32)29-15-20-19(23(29)31)2-1-3-21(20)34-16-18-6-4-17(5-7-18)14-28-10-12-33-13-11-28/h1-7H,8-16H2,(H,27,30,32). The van der Waals surface area contributed by atoms with E-state index in [2.05, 4.69) is 34.5 Å². The normalized spacial score (nSPS) is 23.1. The Bertz CT molecular complexity index is 1120. The molecule has 9 heteroatoms. The van der Waals surface area contributed by atoms with Crippen molar-refractivity contribution >= 4 is 25.6 Å². The van der Waals surface area contributed by atoms with Crippen LogP contribution in [0.25, 0.3) is 0 Å². The first-order valence-electron chi connectivity index (χ1n) is 11.5. The van der Waals surface area contributed by atoms with Crippen LogP contribution in [0.2, 0.25) is 0 Å². The van der Waals surface area contributed by atoms with Gasteiger partial charge in [-0.3, -0.25) is 24.6 Å². The van der Waals surface area contributed by atoms with Gasteiger partial charge in [0.15, 0.2) is 0 Å². The van der Waals surface area contributed by atoms with Crippen LogP contribution in [-0.4, -0.2) is 67.1 Å². The number of hydrogen-bond acceptors (Lipinski definition) is 6. The summed E-state index contributed by atoms with van der Waals surface area (Å²) in [5.41, 5.74) is 1.87. The Morgan fingerprint density at radius 3 is 2.50 bits per heavy atom. The zero-order valence-electron chi connectivity index (χ0n) is 18.9. The van der Waals surface area contributed by atoms with Gasteiger partial charge in [0.2, 0.25) is 11.8 Å². The lowest BCUT2D eigenvalue weighted by atomic mass is 9.70. The maximum absolute atomic E-state index is 13.1. The van der Waals surface area contributed by atoms with Crippen molar-refractivity contribution in [3.8, 4) is 5.75 Å². The van der Waals surface area contributed by atoms with Crippen LogP contribution in [0.15, 0.2) is 42.5 Å². The maximum Gasteiger partial charge on any atom is 0.254 e. The first kappa shape index (κ1) is 22.6. The largest absolute Gasteiger partial charge is 0.489 e. The third-order valence-electron chi connectivity index (χ3n) is 6.71. The molecule has 2 radical (unpaired) electrons. The molecule has 2 aromatic carbocycles. The molecular formula is C25H26BN3O5. The first-order valence-corrected chi connectivity index (χ1v) is 11.5. The number of benzene rings is 2. The lowest BCUT2D eigenvalue weighted by Crippen LogP contribution is -2.63. The molecule has 0 bridgehead atoms. The summed E-state index contributed by atoms with van der Waals surface area (Å²) in [4.78, 5) is 40.8. The van der Waals surface area contributed by atoms with Gasteiger partial charge in [0, 0.05) is 37.2 Å². The molecule has 0 aliphatic carbocycles. The van der Waals surface area contributed by atoms with E-state index in [4.69, 9.17) is 17.3 Å². The second-order valence-electron chi connectivity index (χ2n) is 8.97. The Morgan fingerprint density at radius 2 is 1.76 bits per heavy atom. The van der Waals surface area contributed by atoms with Crippen molar-refractivity contribution in [1.29, 1.82) is 0 Å². The molecule has 3 aliphatic rings. The van der Waals surface area contributed by atoms with Gasteiger partial charge in [-0.25, -0.2) is 0 Å². The molecule has 1 atom stereocenters. The number of ether oxygens (including phenoxy) is 2. The molecule has 3 amide bonds. The number of morpholine rings is 1. The topological polar surface area (TPSA) is 88.2 Å². The molecule has 174 valence electrons. The van der Waals surface area contributed by atoms with E-state index in [0.29, 0.717) is 23.5 Å². The SMILES string of the molecule is [B]C1(N2Cc3c(OCc4ccc(CN5CCOCC5)cc4)cccc3C2=O)CCC(=O)NC1=O. The van der Waals surface area contributed by atoms with Crippen LogP contribution in [0, 0.1) is 0 Å². The fraction of sp³-hybridized carbons (Fsp3) is 0.400. The average Bonchev–Trinajstić information content (AvgIpc) is 3.20. The molecular weight excluding hydrogens is 433 g/mol. The van der Waals surface area contributed by atoms with Crippen molar-refractivity contribution in [1.82, 2.24) is 15.1 Å². The van der Waals surface area contributed by atoms with Crippen LogP contribution < -0.4 is 10.1 Å². The lowest BCUT2D eigenvalue weighted by Gasteiger charge is -2.40. The van der Waals surface area contributed by atoms with Gasteiger partial charge < -0.3 is 14.4 Å². The quantitative estimate of drug-likeness (QED) is 0.519. The van der Waals surface area contributed by atoms with E-state index in [1.165, 1.54) is 10.5 Å². The molecule has 3 heterocycles. The van der Waals surface area contributed by atoms with Crippen molar-refractivity contribution in [2.75, 3.05) is 26.3 Å². The van der Waals surface area contributed by atoms with Gasteiger partial charge in [-0.15, -0.1) is 0 Å². The predicted molar refractivity (Wildman–Crippen MR) is 124 cm³/mol. The van der Waals surface area contributed by atoms with E-state index in [-0.39, 0.29) is 31.2 Å². The first-order chi connectivity index (χ1) is 16.4. The number of carbonyl (C=O) groups excluding carboxylic acids is 3. The zero-order valence-corrected chi connectivity index (χ0v) is 18.9. The number of nitrogens with one attached hydrogen (secondary N) is 1. The van der Waals surface area contributed by atoms with Crippen molar-refractivity contribution in [2.24, 2.45) is 0 Å². The molecule has 2 fully saturated rings. The molecule has 1 N–H and O–H groups in total. The molecule has 3 aliphatic heterocycles. The van der Waals surface area contributed by atoms with Crippen molar-refractivity contribution in [2.45, 2.75) is 38.0 Å². The molecule has 1 unspecified atom stereocenters. The average molecular weight is 459 g/mol. The number of imide groups is 1. The molecule has 2 saturated heterocycles. The van der Waals surface area contributed by atoms with E-state index in [0.717, 1.165) is 38.4 Å². The molecule has 8 nitrogen and oxygen atoms in total. The van der Waals surface area contributed by atoms with E-state index in [9.17, 15) is 14.4 Å². The summed E-state index contributed by atoms with van der Waals surface area (Å²) in [6, 6.07) is 13.6. The highest BCUT2D eigenvalue weighted by Gasteiger charge is 2.48. The van der Waals surface area contributed by atoms with Crippen LogP contribution in [0.3, 0.4) is 0 Å². The third kappa shape index (κ3) is 4.33. The molecule has 0 aromatic heterocycles. The minimum absolute atomic E-state index is 0.0877. The number of piperidine rings is 1. The van der Waals surface area contributed by atoms with Gasteiger partial charge in [-0.2, -0.15) is 0 Å². The molecule has 0 saturated carbocycles. The summed E-state index contributed by atoms with van der Waals surface area (Å²) >= 11 is 0. The van der Waals surface area contributed by atoms with E-state index in [1.54, 1.807) is 12.1 Å². The van der Waals surface area contributed by atoms with E-state index in [1.807, 2.05) is 6.07 Å². The Balaban J connectivity index is 1.25. The fourth-order valence-electron chi connectivity index (χ4n) is 4.65. The minimum atomic E-state index is -1.56. The third-order valence-corrected chi connectivity index (χ3v) is 6.71. The maximum atomic E-state index is 13.1. The zero-order chi connectivity index (χ0) is 23.7.